The standard InChI is InChI=1S/C26H28N4O6S/c31-14-17-37(33,34)26(10-11-26)22-18-23(30-12-15-35-16-13-30)29-24(28-22)19-6-8-20(9-7-19)27-25(32)36-21-4-2-1-3-5-21/h1-9,18,31H,10-17H2,(H,27,32). The van der Waals surface area contributed by atoms with Crippen LogP contribution in [0.25, 0.3) is 11.4 Å². The first-order valence-electron chi connectivity index (χ1n) is 12.1. The van der Waals surface area contributed by atoms with Gasteiger partial charge in [0.25, 0.3) is 0 Å². The van der Waals surface area contributed by atoms with Crippen LogP contribution in [0, 0.1) is 0 Å². The zero-order valence-electron chi connectivity index (χ0n) is 20.2. The van der Waals surface area contributed by atoms with E-state index in [9.17, 15) is 18.3 Å². The summed E-state index contributed by atoms with van der Waals surface area (Å²) in [5.41, 5.74) is 1.65. The molecule has 3 aromatic rings. The summed E-state index contributed by atoms with van der Waals surface area (Å²) in [4.78, 5) is 23.7. The van der Waals surface area contributed by atoms with Crippen molar-refractivity contribution in [1.29, 1.82) is 0 Å². The highest BCUT2D eigenvalue weighted by molar-refractivity contribution is 7.92. The van der Waals surface area contributed by atoms with E-state index < -0.39 is 27.3 Å². The fourth-order valence-corrected chi connectivity index (χ4v) is 6.13. The number of amides is 1. The Balaban J connectivity index is 1.42. The number of benzene rings is 2. The molecule has 2 aromatic carbocycles. The third-order valence-electron chi connectivity index (χ3n) is 6.52. The Labute approximate surface area is 215 Å². The van der Waals surface area contributed by atoms with E-state index in [1.165, 1.54) is 0 Å². The molecule has 37 heavy (non-hydrogen) atoms. The van der Waals surface area contributed by atoms with Crippen molar-refractivity contribution in [3.8, 4) is 17.1 Å². The van der Waals surface area contributed by atoms with E-state index in [0.717, 1.165) is 0 Å². The predicted octanol–water partition coefficient (Wildman–Crippen LogP) is 2.99. The molecular formula is C26H28N4O6S. The van der Waals surface area contributed by atoms with Crippen LogP contribution in [0.15, 0.2) is 60.7 Å². The number of hydrogen-bond acceptors (Lipinski definition) is 9. The topological polar surface area (TPSA) is 131 Å². The monoisotopic (exact) mass is 524 g/mol. The lowest BCUT2D eigenvalue weighted by Crippen LogP contribution is -2.37. The molecule has 194 valence electrons. The molecule has 1 aliphatic carbocycles. The van der Waals surface area contributed by atoms with Gasteiger partial charge in [0.2, 0.25) is 0 Å². The lowest BCUT2D eigenvalue weighted by atomic mass is 10.1. The molecule has 2 N–H and O–H groups in total. The van der Waals surface area contributed by atoms with E-state index in [2.05, 4.69) is 15.2 Å². The van der Waals surface area contributed by atoms with Crippen molar-refractivity contribution in [3.63, 3.8) is 0 Å². The Bertz CT molecular complexity index is 1360. The summed E-state index contributed by atoms with van der Waals surface area (Å²) >= 11 is 0. The predicted molar refractivity (Wildman–Crippen MR) is 138 cm³/mol. The summed E-state index contributed by atoms with van der Waals surface area (Å²) in [6.07, 6.45) is 0.304. The number of rotatable bonds is 8. The molecule has 11 heteroatoms. The molecule has 1 amide bonds. The van der Waals surface area contributed by atoms with E-state index in [1.54, 1.807) is 54.6 Å². The average molecular weight is 525 g/mol. The molecular weight excluding hydrogens is 496 g/mol. The molecule has 0 unspecified atom stereocenters. The lowest BCUT2D eigenvalue weighted by Gasteiger charge is -2.29. The van der Waals surface area contributed by atoms with E-state index in [4.69, 9.17) is 14.5 Å². The van der Waals surface area contributed by atoms with Crippen LogP contribution in [0.4, 0.5) is 16.3 Å². The Morgan fingerprint density at radius 3 is 2.41 bits per heavy atom. The molecule has 0 radical (unpaired) electrons. The smallest absolute Gasteiger partial charge is 0.410 e. The van der Waals surface area contributed by atoms with Gasteiger partial charge in [-0.1, -0.05) is 18.2 Å². The van der Waals surface area contributed by atoms with Crippen LogP contribution in [0.2, 0.25) is 0 Å². The van der Waals surface area contributed by atoms with E-state index in [1.807, 2.05) is 6.07 Å². The third-order valence-corrected chi connectivity index (χ3v) is 9.05. The molecule has 2 aliphatic rings. The molecule has 0 spiro atoms. The van der Waals surface area contributed by atoms with Crippen molar-refractivity contribution in [3.05, 3.63) is 66.4 Å². The largest absolute Gasteiger partial charge is 0.417 e. The number of nitrogens with one attached hydrogen (secondary N) is 1. The van der Waals surface area contributed by atoms with Crippen molar-refractivity contribution >= 4 is 27.4 Å². The zero-order valence-corrected chi connectivity index (χ0v) is 21.0. The van der Waals surface area contributed by atoms with E-state index >= 15 is 0 Å². The highest BCUT2D eigenvalue weighted by atomic mass is 32.2. The summed E-state index contributed by atoms with van der Waals surface area (Å²) < 4.78 is 35.7. The van der Waals surface area contributed by atoms with Gasteiger partial charge in [0.05, 0.1) is 31.3 Å². The molecule has 10 nitrogen and oxygen atoms in total. The van der Waals surface area contributed by atoms with Gasteiger partial charge in [-0.15, -0.1) is 0 Å². The van der Waals surface area contributed by atoms with E-state index in [0.29, 0.717) is 73.5 Å². The summed E-state index contributed by atoms with van der Waals surface area (Å²) in [5, 5.41) is 12.0. The van der Waals surface area contributed by atoms with Crippen molar-refractivity contribution in [1.82, 2.24) is 9.97 Å². The van der Waals surface area contributed by atoms with Crippen molar-refractivity contribution in [2.75, 3.05) is 48.9 Å². The number of aromatic nitrogens is 2. The van der Waals surface area contributed by atoms with Crippen LogP contribution in [-0.2, 0) is 19.3 Å². The van der Waals surface area contributed by atoms with Crippen molar-refractivity contribution < 1.29 is 27.8 Å². The number of aliphatic hydroxyl groups is 1. The first kappa shape index (κ1) is 25.1. The molecule has 0 atom stereocenters. The maximum absolute atomic E-state index is 13.0. The Morgan fingerprint density at radius 2 is 1.76 bits per heavy atom. The van der Waals surface area contributed by atoms with Crippen molar-refractivity contribution in [2.45, 2.75) is 17.6 Å². The minimum Gasteiger partial charge on any atom is -0.410 e. The molecule has 1 saturated heterocycles. The molecule has 0 bridgehead atoms. The number of sulfone groups is 1. The van der Waals surface area contributed by atoms with Crippen molar-refractivity contribution in [2.24, 2.45) is 0 Å². The van der Waals surface area contributed by atoms with Crippen LogP contribution in [0.1, 0.15) is 18.5 Å². The van der Waals surface area contributed by atoms with Crippen LogP contribution >= 0.6 is 0 Å². The second-order valence-corrected chi connectivity index (χ2v) is 11.4. The van der Waals surface area contributed by atoms with Gasteiger partial charge in [-0.2, -0.15) is 0 Å². The van der Waals surface area contributed by atoms with Gasteiger partial charge in [0.1, 0.15) is 16.3 Å². The number of carbonyl (C=O) groups is 1. The number of morpholine rings is 1. The Morgan fingerprint density at radius 1 is 1.05 bits per heavy atom. The number of para-hydroxylation sites is 1. The molecule has 1 aromatic heterocycles. The average Bonchev–Trinajstić information content (AvgIpc) is 3.73. The highest BCUT2D eigenvalue weighted by Gasteiger charge is 2.56. The zero-order chi connectivity index (χ0) is 25.9. The number of carbonyl (C=O) groups excluding carboxylic acids is 1. The quantitative estimate of drug-likeness (QED) is 0.456. The molecule has 5 rings (SSSR count). The number of aliphatic hydroxyl groups excluding tert-OH is 1. The van der Waals surface area contributed by atoms with Gasteiger partial charge in [-0.05, 0) is 49.2 Å². The Kier molecular flexibility index (Phi) is 7.09. The highest BCUT2D eigenvalue weighted by Crippen LogP contribution is 2.53. The normalized spacial score (nSPS) is 16.7. The Hall–Kier alpha value is -3.54. The van der Waals surface area contributed by atoms with Crippen LogP contribution in [0.3, 0.4) is 0 Å². The number of hydrogen-bond donors (Lipinski definition) is 2. The van der Waals surface area contributed by atoms with Gasteiger partial charge in [0, 0.05) is 30.4 Å². The summed E-state index contributed by atoms with van der Waals surface area (Å²) in [7, 11) is -3.59. The fraction of sp³-hybridized carbons (Fsp3) is 0.346. The first-order valence-corrected chi connectivity index (χ1v) is 13.8. The summed E-state index contributed by atoms with van der Waals surface area (Å²) in [6.45, 7) is 1.96. The molecule has 1 aliphatic heterocycles. The lowest BCUT2D eigenvalue weighted by molar-refractivity contribution is 0.122. The molecule has 2 fully saturated rings. The third kappa shape index (κ3) is 5.43. The maximum Gasteiger partial charge on any atom is 0.417 e. The van der Waals surface area contributed by atoms with Gasteiger partial charge >= 0.3 is 6.09 Å². The second kappa shape index (κ2) is 10.4. The molecule has 1 saturated carbocycles. The maximum atomic E-state index is 13.0. The summed E-state index contributed by atoms with van der Waals surface area (Å²) in [5.74, 6) is 1.16. The number of nitrogens with zero attached hydrogens (tertiary/aromatic N) is 3. The van der Waals surface area contributed by atoms with Gasteiger partial charge < -0.3 is 19.5 Å². The SMILES string of the molecule is O=C(Nc1ccc(-c2nc(N3CCOCC3)cc(C3(S(=O)(=O)CCO)CC3)n2)cc1)Oc1ccccc1. The summed E-state index contributed by atoms with van der Waals surface area (Å²) in [6, 6.07) is 17.5. The van der Waals surface area contributed by atoms with Crippen LogP contribution in [-0.4, -0.2) is 68.2 Å². The minimum atomic E-state index is -3.59. The molecule has 2 heterocycles. The minimum absolute atomic E-state index is 0.307. The van der Waals surface area contributed by atoms with Crippen LogP contribution < -0.4 is 15.0 Å². The van der Waals surface area contributed by atoms with E-state index in [-0.39, 0.29) is 5.75 Å². The number of ether oxygens (including phenoxy) is 2. The van der Waals surface area contributed by atoms with Gasteiger partial charge in [-0.25, -0.2) is 23.2 Å². The van der Waals surface area contributed by atoms with Gasteiger partial charge in [-0.3, -0.25) is 5.32 Å². The first-order chi connectivity index (χ1) is 17.9. The number of anilines is 2. The second-order valence-electron chi connectivity index (χ2n) is 8.98. The van der Waals surface area contributed by atoms with Gasteiger partial charge in [0.15, 0.2) is 15.7 Å². The van der Waals surface area contributed by atoms with Crippen LogP contribution in [0.5, 0.6) is 5.75 Å². The fourth-order valence-electron chi connectivity index (χ4n) is 4.35.